The summed E-state index contributed by atoms with van der Waals surface area (Å²) in [6, 6.07) is 12.4. The summed E-state index contributed by atoms with van der Waals surface area (Å²) >= 11 is 0. The van der Waals surface area contributed by atoms with Crippen LogP contribution >= 0.6 is 0 Å². The van der Waals surface area contributed by atoms with Crippen LogP contribution in [0.3, 0.4) is 0 Å². The Morgan fingerprint density at radius 1 is 0.762 bits per heavy atom. The molecule has 2 aromatic rings. The van der Waals surface area contributed by atoms with Crippen LogP contribution < -0.4 is 0 Å². The van der Waals surface area contributed by atoms with E-state index in [9.17, 15) is 8.78 Å². The third-order valence-corrected chi connectivity index (χ3v) is 4.65. The summed E-state index contributed by atoms with van der Waals surface area (Å²) in [5.74, 6) is -0.0903. The average molecular weight is 286 g/mol. The van der Waals surface area contributed by atoms with Crippen LogP contribution in [0.15, 0.2) is 42.5 Å². The first-order valence-corrected chi connectivity index (χ1v) is 7.69. The predicted octanol–water partition coefficient (Wildman–Crippen LogP) is 5.93. The van der Waals surface area contributed by atoms with Crippen LogP contribution in [0.5, 0.6) is 0 Å². The molecule has 0 amide bonds. The largest absolute Gasteiger partial charge is 0.204 e. The zero-order chi connectivity index (χ0) is 14.8. The van der Waals surface area contributed by atoms with E-state index in [1.54, 1.807) is 6.07 Å². The van der Waals surface area contributed by atoms with Gasteiger partial charge >= 0.3 is 0 Å². The van der Waals surface area contributed by atoms with Crippen LogP contribution in [0.4, 0.5) is 8.78 Å². The maximum atomic E-state index is 13.3. The van der Waals surface area contributed by atoms with Gasteiger partial charge in [-0.3, -0.25) is 0 Å². The molecule has 21 heavy (non-hydrogen) atoms. The van der Waals surface area contributed by atoms with E-state index in [1.807, 2.05) is 12.1 Å². The summed E-state index contributed by atoms with van der Waals surface area (Å²) in [6.45, 7) is 2.32. The number of benzene rings is 2. The second-order valence-corrected chi connectivity index (χ2v) is 6.21. The van der Waals surface area contributed by atoms with Crippen LogP contribution in [0.25, 0.3) is 11.1 Å². The Morgan fingerprint density at radius 2 is 1.38 bits per heavy atom. The highest BCUT2D eigenvalue weighted by Gasteiger charge is 2.19. The fourth-order valence-corrected chi connectivity index (χ4v) is 3.22. The van der Waals surface area contributed by atoms with Gasteiger partial charge in [0.1, 0.15) is 0 Å². The maximum absolute atomic E-state index is 13.3. The summed E-state index contributed by atoms with van der Waals surface area (Å²) < 4.78 is 26.3. The molecule has 1 saturated carbocycles. The molecule has 110 valence electrons. The molecule has 0 atom stereocenters. The Labute approximate surface area is 124 Å². The highest BCUT2D eigenvalue weighted by Crippen LogP contribution is 2.36. The van der Waals surface area contributed by atoms with E-state index >= 15 is 0 Å². The lowest BCUT2D eigenvalue weighted by Gasteiger charge is -2.26. The van der Waals surface area contributed by atoms with Gasteiger partial charge in [0.2, 0.25) is 0 Å². The van der Waals surface area contributed by atoms with Gasteiger partial charge in [-0.1, -0.05) is 50.1 Å². The van der Waals surface area contributed by atoms with E-state index in [-0.39, 0.29) is 0 Å². The molecule has 2 heteroatoms. The average Bonchev–Trinajstić information content (AvgIpc) is 2.51. The smallest absolute Gasteiger partial charge is 0.159 e. The fraction of sp³-hybridized carbons (Fsp3) is 0.368. The van der Waals surface area contributed by atoms with Crippen molar-refractivity contribution in [3.05, 3.63) is 59.7 Å². The summed E-state index contributed by atoms with van der Waals surface area (Å²) in [5.41, 5.74) is 3.02. The van der Waals surface area contributed by atoms with Crippen LogP contribution in [0.2, 0.25) is 0 Å². The minimum Gasteiger partial charge on any atom is -0.204 e. The Bertz CT molecular complexity index is 608. The highest BCUT2D eigenvalue weighted by atomic mass is 19.2. The van der Waals surface area contributed by atoms with Crippen LogP contribution in [-0.4, -0.2) is 0 Å². The molecule has 2 aromatic carbocycles. The minimum atomic E-state index is -0.799. The van der Waals surface area contributed by atoms with Gasteiger partial charge in [0.15, 0.2) is 11.6 Å². The van der Waals surface area contributed by atoms with Crippen molar-refractivity contribution in [2.75, 3.05) is 0 Å². The first kappa shape index (κ1) is 14.2. The molecule has 0 N–H and O–H groups in total. The van der Waals surface area contributed by atoms with Crippen LogP contribution in [0, 0.1) is 17.6 Å². The van der Waals surface area contributed by atoms with Gasteiger partial charge in [0, 0.05) is 0 Å². The van der Waals surface area contributed by atoms with E-state index < -0.39 is 11.6 Å². The molecule has 0 aromatic heterocycles. The molecule has 1 aliphatic rings. The Hall–Kier alpha value is -1.70. The minimum absolute atomic E-state index is 0.653. The van der Waals surface area contributed by atoms with Gasteiger partial charge < -0.3 is 0 Å². The van der Waals surface area contributed by atoms with Gasteiger partial charge in [0.25, 0.3) is 0 Å². The van der Waals surface area contributed by atoms with Crippen molar-refractivity contribution < 1.29 is 8.78 Å². The molecule has 0 aliphatic heterocycles. The lowest BCUT2D eigenvalue weighted by Crippen LogP contribution is -2.10. The van der Waals surface area contributed by atoms with Crippen molar-refractivity contribution in [3.8, 4) is 11.1 Å². The molecule has 0 spiro atoms. The predicted molar refractivity (Wildman–Crippen MR) is 82.2 cm³/mol. The highest BCUT2D eigenvalue weighted by molar-refractivity contribution is 5.63. The second kappa shape index (κ2) is 5.97. The van der Waals surface area contributed by atoms with Crippen molar-refractivity contribution in [2.45, 2.75) is 38.5 Å². The number of rotatable bonds is 2. The van der Waals surface area contributed by atoms with Gasteiger partial charge in [-0.05, 0) is 53.5 Å². The molecule has 0 nitrogen and oxygen atoms in total. The van der Waals surface area contributed by atoms with E-state index in [1.165, 1.54) is 43.4 Å². The Balaban J connectivity index is 1.79. The molecular weight excluding hydrogens is 266 g/mol. The SMILES string of the molecule is CC1CCC(c2ccc(-c3ccc(F)c(F)c3)cc2)CC1. The monoisotopic (exact) mass is 286 g/mol. The van der Waals surface area contributed by atoms with Crippen molar-refractivity contribution in [1.82, 2.24) is 0 Å². The van der Waals surface area contributed by atoms with Crippen molar-refractivity contribution >= 4 is 0 Å². The van der Waals surface area contributed by atoms with Crippen molar-refractivity contribution in [2.24, 2.45) is 5.92 Å². The van der Waals surface area contributed by atoms with E-state index in [0.717, 1.165) is 17.0 Å². The third kappa shape index (κ3) is 3.15. The summed E-state index contributed by atoms with van der Waals surface area (Å²) in [5, 5.41) is 0. The quantitative estimate of drug-likeness (QED) is 0.642. The summed E-state index contributed by atoms with van der Waals surface area (Å²) in [6.07, 6.45) is 5.11. The fourth-order valence-electron chi connectivity index (χ4n) is 3.22. The number of hydrogen-bond acceptors (Lipinski definition) is 0. The van der Waals surface area contributed by atoms with Crippen LogP contribution in [0.1, 0.15) is 44.1 Å². The second-order valence-electron chi connectivity index (χ2n) is 6.21. The van der Waals surface area contributed by atoms with E-state index in [0.29, 0.717) is 5.92 Å². The lowest BCUT2D eigenvalue weighted by molar-refractivity contribution is 0.348. The standard InChI is InChI=1S/C19H20F2/c1-13-2-4-14(5-3-13)15-6-8-16(9-7-15)17-10-11-18(20)19(21)12-17/h6-14H,2-5H2,1H3. The van der Waals surface area contributed by atoms with E-state index in [4.69, 9.17) is 0 Å². The van der Waals surface area contributed by atoms with Gasteiger partial charge in [-0.2, -0.15) is 0 Å². The molecular formula is C19H20F2. The molecule has 0 heterocycles. The third-order valence-electron chi connectivity index (χ3n) is 4.65. The zero-order valence-electron chi connectivity index (χ0n) is 12.3. The normalized spacial score (nSPS) is 22.2. The van der Waals surface area contributed by atoms with Crippen molar-refractivity contribution in [3.63, 3.8) is 0 Å². The first-order chi connectivity index (χ1) is 10.1. The summed E-state index contributed by atoms with van der Waals surface area (Å²) in [4.78, 5) is 0. The Morgan fingerprint density at radius 3 is 2.00 bits per heavy atom. The summed E-state index contributed by atoms with van der Waals surface area (Å²) in [7, 11) is 0. The zero-order valence-corrected chi connectivity index (χ0v) is 12.3. The maximum Gasteiger partial charge on any atom is 0.159 e. The molecule has 0 bridgehead atoms. The molecule has 1 aliphatic carbocycles. The van der Waals surface area contributed by atoms with Crippen molar-refractivity contribution in [1.29, 1.82) is 0 Å². The lowest BCUT2D eigenvalue weighted by atomic mass is 9.79. The van der Waals surface area contributed by atoms with Gasteiger partial charge in [0.05, 0.1) is 0 Å². The van der Waals surface area contributed by atoms with Crippen LogP contribution in [-0.2, 0) is 0 Å². The van der Waals surface area contributed by atoms with Gasteiger partial charge in [-0.15, -0.1) is 0 Å². The first-order valence-electron chi connectivity index (χ1n) is 7.69. The van der Waals surface area contributed by atoms with E-state index in [2.05, 4.69) is 19.1 Å². The molecule has 0 radical (unpaired) electrons. The molecule has 1 fully saturated rings. The van der Waals surface area contributed by atoms with Gasteiger partial charge in [-0.25, -0.2) is 8.78 Å². The topological polar surface area (TPSA) is 0 Å². The molecule has 3 rings (SSSR count). The molecule has 0 saturated heterocycles. The number of halogens is 2. The molecule has 0 unspecified atom stereocenters. The number of hydrogen-bond donors (Lipinski definition) is 0. The Kier molecular flexibility index (Phi) is 4.05.